The van der Waals surface area contributed by atoms with Crippen LogP contribution in [-0.2, 0) is 23.0 Å². The van der Waals surface area contributed by atoms with E-state index in [0.29, 0.717) is 4.90 Å². The Balaban J connectivity index is 0.00000289. The second-order valence-electron chi connectivity index (χ2n) is 9.70. The molecule has 7 heteroatoms. The van der Waals surface area contributed by atoms with Crippen molar-refractivity contribution in [1.82, 2.24) is 14.3 Å². The summed E-state index contributed by atoms with van der Waals surface area (Å²) < 4.78 is 30.1. The van der Waals surface area contributed by atoms with Crippen LogP contribution in [0.15, 0.2) is 53.4 Å². The maximum absolute atomic E-state index is 14.3. The largest absolute Gasteiger partial charge is 0.312 e. The van der Waals surface area contributed by atoms with E-state index < -0.39 is 10.0 Å². The van der Waals surface area contributed by atoms with Gasteiger partial charge in [-0.05, 0) is 92.7 Å². The molecule has 184 valence electrons. The predicted molar refractivity (Wildman–Crippen MR) is 145 cm³/mol. The molecule has 4 aromatic rings. The number of nitrogens with zero attached hydrogens (tertiary/aromatic N) is 2. The van der Waals surface area contributed by atoms with Gasteiger partial charge in [0.15, 0.2) is 0 Å². The van der Waals surface area contributed by atoms with Gasteiger partial charge in [-0.1, -0.05) is 31.5 Å². The van der Waals surface area contributed by atoms with E-state index in [1.807, 2.05) is 45.0 Å². The van der Waals surface area contributed by atoms with Crippen molar-refractivity contribution in [3.63, 3.8) is 0 Å². The lowest BCUT2D eigenvalue weighted by atomic mass is 9.93. The molecule has 1 aliphatic heterocycles. The molecule has 0 bridgehead atoms. The Kier molecular flexibility index (Phi) is 6.84. The number of halogens is 1. The van der Waals surface area contributed by atoms with Gasteiger partial charge in [0.1, 0.15) is 0 Å². The Bertz CT molecular complexity index is 1500. The van der Waals surface area contributed by atoms with Crippen LogP contribution in [0, 0.1) is 20.8 Å². The summed E-state index contributed by atoms with van der Waals surface area (Å²) in [5, 5.41) is 4.46. The van der Waals surface area contributed by atoms with E-state index >= 15 is 0 Å². The first-order valence-electron chi connectivity index (χ1n) is 11.9. The van der Waals surface area contributed by atoms with Crippen molar-refractivity contribution in [1.29, 1.82) is 0 Å². The van der Waals surface area contributed by atoms with E-state index in [9.17, 15) is 8.42 Å². The highest BCUT2D eigenvalue weighted by atomic mass is 35.5. The molecule has 0 unspecified atom stereocenters. The average molecular weight is 510 g/mol. The molecule has 2 aromatic heterocycles. The maximum atomic E-state index is 14.3. The van der Waals surface area contributed by atoms with Crippen LogP contribution < -0.4 is 5.32 Å². The van der Waals surface area contributed by atoms with Crippen molar-refractivity contribution in [2.75, 3.05) is 6.54 Å². The van der Waals surface area contributed by atoms with Crippen LogP contribution in [0.4, 0.5) is 0 Å². The first kappa shape index (κ1) is 25.4. The zero-order valence-corrected chi connectivity index (χ0v) is 22.5. The third-order valence-electron chi connectivity index (χ3n) is 6.66. The molecule has 5 rings (SSSR count). The summed E-state index contributed by atoms with van der Waals surface area (Å²) in [5.74, 6) is 0.135. The summed E-state index contributed by atoms with van der Waals surface area (Å²) in [7, 11) is -3.85. The molecule has 0 saturated carbocycles. The Morgan fingerprint density at radius 2 is 1.60 bits per heavy atom. The molecule has 35 heavy (non-hydrogen) atoms. The maximum Gasteiger partial charge on any atom is 0.268 e. The first-order chi connectivity index (χ1) is 16.2. The molecule has 0 atom stereocenters. The summed E-state index contributed by atoms with van der Waals surface area (Å²) >= 11 is 0. The van der Waals surface area contributed by atoms with Gasteiger partial charge in [-0.3, -0.25) is 4.98 Å². The summed E-state index contributed by atoms with van der Waals surface area (Å²) in [6.07, 6.45) is 0.890. The normalized spacial score (nSPS) is 13.7. The average Bonchev–Trinajstić information content (AvgIpc) is 3.12. The quantitative estimate of drug-likeness (QED) is 0.363. The number of rotatable bonds is 4. The Hall–Kier alpha value is -2.67. The third kappa shape index (κ3) is 4.39. The van der Waals surface area contributed by atoms with Crippen LogP contribution in [0.25, 0.3) is 22.2 Å². The van der Waals surface area contributed by atoms with Crippen molar-refractivity contribution in [3.05, 3.63) is 82.2 Å². The zero-order valence-electron chi connectivity index (χ0n) is 20.8. The standard InChI is InChI=1S/C28H31N3O2S.ClH/c1-17(2)27-25-14-23-16-29-11-10-21(23)15-26(25)31(28(27)22-12-19(4)30-20(5)13-22)34(32,33)24-8-6-18(3)7-9-24;/h6-9,12-15,17,29H,10-11,16H2,1-5H3;1H. The molecule has 1 N–H and O–H groups in total. The number of benzene rings is 2. The molecular formula is C28H32ClN3O2S. The third-order valence-corrected chi connectivity index (χ3v) is 8.39. The van der Waals surface area contributed by atoms with Gasteiger partial charge < -0.3 is 5.32 Å². The van der Waals surface area contributed by atoms with Crippen LogP contribution in [0.2, 0.25) is 0 Å². The number of aryl methyl sites for hydroxylation is 3. The number of aromatic nitrogens is 2. The lowest BCUT2D eigenvalue weighted by Gasteiger charge is -2.18. The minimum Gasteiger partial charge on any atom is -0.312 e. The van der Waals surface area contributed by atoms with E-state index in [2.05, 4.69) is 36.3 Å². The SMILES string of the molecule is Cc1ccc(S(=O)(=O)n2c(-c3cc(C)nc(C)c3)c(C(C)C)c3cc4c(cc32)CCNC4)cc1.Cl. The van der Waals surface area contributed by atoms with Crippen molar-refractivity contribution in [2.24, 2.45) is 0 Å². The first-order valence-corrected chi connectivity index (χ1v) is 13.3. The van der Waals surface area contributed by atoms with Gasteiger partial charge in [-0.2, -0.15) is 0 Å². The number of hydrogen-bond donors (Lipinski definition) is 1. The van der Waals surface area contributed by atoms with Gasteiger partial charge in [0, 0.05) is 28.9 Å². The molecule has 0 aliphatic carbocycles. The Morgan fingerprint density at radius 1 is 0.943 bits per heavy atom. The van der Waals surface area contributed by atoms with Crippen molar-refractivity contribution < 1.29 is 8.42 Å². The fourth-order valence-electron chi connectivity index (χ4n) is 5.15. The van der Waals surface area contributed by atoms with E-state index in [1.165, 1.54) is 11.1 Å². The molecule has 0 fully saturated rings. The second kappa shape index (κ2) is 9.41. The minimum absolute atomic E-state index is 0. The molecule has 5 nitrogen and oxygen atoms in total. The smallest absolute Gasteiger partial charge is 0.268 e. The predicted octanol–water partition coefficient (Wildman–Crippen LogP) is 6.06. The molecule has 0 spiro atoms. The molecule has 0 radical (unpaired) electrons. The van der Waals surface area contributed by atoms with Crippen LogP contribution in [0.1, 0.15) is 53.4 Å². The van der Waals surface area contributed by atoms with Gasteiger partial charge >= 0.3 is 0 Å². The fraction of sp³-hybridized carbons (Fsp3) is 0.321. The summed E-state index contributed by atoms with van der Waals surface area (Å²) in [6.45, 7) is 11.9. The van der Waals surface area contributed by atoms with Crippen LogP contribution in [-0.4, -0.2) is 23.9 Å². The van der Waals surface area contributed by atoms with E-state index in [0.717, 1.165) is 64.2 Å². The summed E-state index contributed by atoms with van der Waals surface area (Å²) in [4.78, 5) is 4.84. The highest BCUT2D eigenvalue weighted by molar-refractivity contribution is 7.90. The summed E-state index contributed by atoms with van der Waals surface area (Å²) in [5.41, 5.74) is 8.69. The van der Waals surface area contributed by atoms with Crippen molar-refractivity contribution >= 4 is 33.3 Å². The van der Waals surface area contributed by atoms with E-state index in [4.69, 9.17) is 0 Å². The van der Waals surface area contributed by atoms with Gasteiger partial charge in [-0.25, -0.2) is 12.4 Å². The van der Waals surface area contributed by atoms with Gasteiger partial charge in [0.2, 0.25) is 0 Å². The molecule has 0 saturated heterocycles. The number of fused-ring (bicyclic) bond motifs is 2. The lowest BCUT2D eigenvalue weighted by Crippen LogP contribution is -2.23. The number of pyridine rings is 1. The molecule has 0 amide bonds. The summed E-state index contributed by atoms with van der Waals surface area (Å²) in [6, 6.07) is 15.4. The van der Waals surface area contributed by atoms with Crippen molar-refractivity contribution in [3.8, 4) is 11.3 Å². The zero-order chi connectivity index (χ0) is 24.2. The van der Waals surface area contributed by atoms with Crippen LogP contribution in [0.5, 0.6) is 0 Å². The lowest BCUT2D eigenvalue weighted by molar-refractivity contribution is 0.589. The minimum atomic E-state index is -3.85. The topological polar surface area (TPSA) is 64.0 Å². The van der Waals surface area contributed by atoms with Gasteiger partial charge in [0.25, 0.3) is 10.0 Å². The van der Waals surface area contributed by atoms with Gasteiger partial charge in [0.05, 0.1) is 16.1 Å². The van der Waals surface area contributed by atoms with Crippen molar-refractivity contribution in [2.45, 2.75) is 58.4 Å². The van der Waals surface area contributed by atoms with E-state index in [1.54, 1.807) is 16.1 Å². The molecule has 3 heterocycles. The Labute approximate surface area is 214 Å². The number of hydrogen-bond acceptors (Lipinski definition) is 4. The van der Waals surface area contributed by atoms with Crippen LogP contribution in [0.3, 0.4) is 0 Å². The van der Waals surface area contributed by atoms with Crippen LogP contribution >= 0.6 is 12.4 Å². The molecule has 2 aromatic carbocycles. The highest BCUT2D eigenvalue weighted by Gasteiger charge is 2.30. The molecule has 1 aliphatic rings. The van der Waals surface area contributed by atoms with E-state index in [-0.39, 0.29) is 18.3 Å². The van der Waals surface area contributed by atoms with Gasteiger partial charge in [-0.15, -0.1) is 12.4 Å². The highest BCUT2D eigenvalue weighted by Crippen LogP contribution is 2.42. The Morgan fingerprint density at radius 3 is 2.23 bits per heavy atom. The molecular weight excluding hydrogens is 478 g/mol. The monoisotopic (exact) mass is 509 g/mol. The second-order valence-corrected chi connectivity index (χ2v) is 11.5. The fourth-order valence-corrected chi connectivity index (χ4v) is 6.70. The number of nitrogens with one attached hydrogen (secondary N) is 1.